The summed E-state index contributed by atoms with van der Waals surface area (Å²) in [5.41, 5.74) is 0.677. The first-order valence-corrected chi connectivity index (χ1v) is 11.1. The van der Waals surface area contributed by atoms with E-state index < -0.39 is 10.0 Å². The van der Waals surface area contributed by atoms with E-state index in [0.29, 0.717) is 59.6 Å². The first kappa shape index (κ1) is 20.4. The van der Waals surface area contributed by atoms with E-state index in [1.807, 2.05) is 12.1 Å². The number of hydrogen-bond acceptors (Lipinski definition) is 7. The molecule has 1 aliphatic rings. The number of sulfonamides is 1. The fourth-order valence-electron chi connectivity index (χ4n) is 3.66. The van der Waals surface area contributed by atoms with Gasteiger partial charge < -0.3 is 14.0 Å². The van der Waals surface area contributed by atoms with Crippen LogP contribution in [-0.2, 0) is 10.0 Å². The third-order valence-corrected chi connectivity index (χ3v) is 7.18. The van der Waals surface area contributed by atoms with Crippen LogP contribution in [0.5, 0.6) is 11.5 Å². The van der Waals surface area contributed by atoms with Crippen LogP contribution in [0.4, 0.5) is 0 Å². The first-order valence-electron chi connectivity index (χ1n) is 9.64. The van der Waals surface area contributed by atoms with Gasteiger partial charge in [0.25, 0.3) is 0 Å². The number of ether oxygens (including phenoxy) is 2. The van der Waals surface area contributed by atoms with Gasteiger partial charge in [0.05, 0.1) is 24.7 Å². The normalized spacial score (nSPS) is 15.8. The summed E-state index contributed by atoms with van der Waals surface area (Å²) in [6.07, 6.45) is 1.23. The molecule has 0 bridgehead atoms. The topological polar surface area (TPSA) is 94.8 Å². The Morgan fingerprint density at radius 3 is 2.40 bits per heavy atom. The zero-order valence-electron chi connectivity index (χ0n) is 16.8. The molecule has 8 nitrogen and oxygen atoms in total. The SMILES string of the molecule is COc1cccc(-c2noc(C3CCN(S(=O)(=O)c4ccccc4)CC3)n2)c1OC. The van der Waals surface area contributed by atoms with Crippen molar-refractivity contribution in [1.82, 2.24) is 14.4 Å². The maximum Gasteiger partial charge on any atom is 0.243 e. The second kappa shape index (κ2) is 8.45. The van der Waals surface area contributed by atoms with Gasteiger partial charge in [0.15, 0.2) is 11.5 Å². The van der Waals surface area contributed by atoms with E-state index in [2.05, 4.69) is 10.1 Å². The van der Waals surface area contributed by atoms with Crippen molar-refractivity contribution in [2.75, 3.05) is 27.3 Å². The number of benzene rings is 2. The lowest BCUT2D eigenvalue weighted by molar-refractivity contribution is 0.270. The van der Waals surface area contributed by atoms with Crippen molar-refractivity contribution in [3.05, 3.63) is 54.4 Å². The molecule has 3 aromatic rings. The van der Waals surface area contributed by atoms with Gasteiger partial charge in [0.1, 0.15) is 0 Å². The standard InChI is InChI=1S/C21H23N3O5S/c1-27-18-10-6-9-17(19(18)28-2)20-22-21(29-23-20)15-11-13-24(14-12-15)30(25,26)16-7-4-3-5-8-16/h3-10,15H,11-14H2,1-2H3. The van der Waals surface area contributed by atoms with Gasteiger partial charge in [-0.3, -0.25) is 0 Å². The highest BCUT2D eigenvalue weighted by molar-refractivity contribution is 7.89. The van der Waals surface area contributed by atoms with Crippen LogP contribution in [0.1, 0.15) is 24.7 Å². The molecule has 0 atom stereocenters. The van der Waals surface area contributed by atoms with Crippen molar-refractivity contribution in [2.24, 2.45) is 0 Å². The Morgan fingerprint density at radius 2 is 1.73 bits per heavy atom. The summed E-state index contributed by atoms with van der Waals surface area (Å²) in [6, 6.07) is 14.0. The Bertz CT molecular complexity index is 1110. The lowest BCUT2D eigenvalue weighted by atomic mass is 9.98. The fourth-order valence-corrected chi connectivity index (χ4v) is 5.15. The van der Waals surface area contributed by atoms with E-state index in [9.17, 15) is 8.42 Å². The average Bonchev–Trinajstić information content (AvgIpc) is 3.29. The van der Waals surface area contributed by atoms with E-state index in [1.165, 1.54) is 4.31 Å². The monoisotopic (exact) mass is 429 g/mol. The number of nitrogens with zero attached hydrogens (tertiary/aromatic N) is 3. The predicted octanol–water partition coefficient (Wildman–Crippen LogP) is 3.32. The maximum absolute atomic E-state index is 12.8. The average molecular weight is 429 g/mol. The molecule has 2 aromatic carbocycles. The van der Waals surface area contributed by atoms with Crippen molar-refractivity contribution in [1.29, 1.82) is 0 Å². The zero-order valence-corrected chi connectivity index (χ0v) is 17.6. The molecule has 0 saturated carbocycles. The van der Waals surface area contributed by atoms with Crippen molar-refractivity contribution < 1.29 is 22.4 Å². The molecule has 0 N–H and O–H groups in total. The molecule has 1 fully saturated rings. The third kappa shape index (κ3) is 3.78. The lowest BCUT2D eigenvalue weighted by Crippen LogP contribution is -2.37. The predicted molar refractivity (Wildman–Crippen MR) is 110 cm³/mol. The molecule has 1 aliphatic heterocycles. The van der Waals surface area contributed by atoms with E-state index >= 15 is 0 Å². The number of hydrogen-bond donors (Lipinski definition) is 0. The van der Waals surface area contributed by atoms with Gasteiger partial charge in [0, 0.05) is 19.0 Å². The summed E-state index contributed by atoms with van der Waals surface area (Å²) in [7, 11) is -0.355. The Kier molecular flexibility index (Phi) is 5.74. The number of methoxy groups -OCH3 is 2. The number of piperidine rings is 1. The van der Waals surface area contributed by atoms with Crippen LogP contribution in [0.25, 0.3) is 11.4 Å². The molecule has 2 heterocycles. The highest BCUT2D eigenvalue weighted by Crippen LogP contribution is 2.37. The van der Waals surface area contributed by atoms with E-state index in [4.69, 9.17) is 14.0 Å². The summed E-state index contributed by atoms with van der Waals surface area (Å²) in [5, 5.41) is 4.11. The van der Waals surface area contributed by atoms with Crippen LogP contribution < -0.4 is 9.47 Å². The molecule has 158 valence electrons. The quantitative estimate of drug-likeness (QED) is 0.593. The highest BCUT2D eigenvalue weighted by Gasteiger charge is 2.32. The van der Waals surface area contributed by atoms with Crippen LogP contribution in [0.2, 0.25) is 0 Å². The van der Waals surface area contributed by atoms with Gasteiger partial charge in [-0.25, -0.2) is 8.42 Å². The van der Waals surface area contributed by atoms with Crippen molar-refractivity contribution in [3.63, 3.8) is 0 Å². The van der Waals surface area contributed by atoms with Gasteiger partial charge in [-0.05, 0) is 37.1 Å². The van der Waals surface area contributed by atoms with Crippen LogP contribution in [0.3, 0.4) is 0 Å². The van der Waals surface area contributed by atoms with Gasteiger partial charge in [0.2, 0.25) is 21.7 Å². The highest BCUT2D eigenvalue weighted by atomic mass is 32.2. The molecular weight excluding hydrogens is 406 g/mol. The Hall–Kier alpha value is -2.91. The van der Waals surface area contributed by atoms with Gasteiger partial charge >= 0.3 is 0 Å². The lowest BCUT2D eigenvalue weighted by Gasteiger charge is -2.29. The fraction of sp³-hybridized carbons (Fsp3) is 0.333. The minimum Gasteiger partial charge on any atom is -0.493 e. The zero-order chi connectivity index (χ0) is 21.1. The van der Waals surface area contributed by atoms with E-state index in [0.717, 1.165) is 0 Å². The summed E-state index contributed by atoms with van der Waals surface area (Å²) >= 11 is 0. The molecule has 9 heteroatoms. The van der Waals surface area contributed by atoms with E-state index in [1.54, 1.807) is 50.6 Å². The largest absolute Gasteiger partial charge is 0.493 e. The van der Waals surface area contributed by atoms with Crippen molar-refractivity contribution >= 4 is 10.0 Å². The minimum absolute atomic E-state index is 0.00470. The molecule has 0 spiro atoms. The van der Waals surface area contributed by atoms with Gasteiger partial charge in [-0.1, -0.05) is 29.4 Å². The maximum atomic E-state index is 12.8. The number of para-hydroxylation sites is 1. The van der Waals surface area contributed by atoms with Crippen LogP contribution in [-0.4, -0.2) is 50.2 Å². The van der Waals surface area contributed by atoms with Crippen LogP contribution in [0.15, 0.2) is 57.9 Å². The summed E-state index contributed by atoms with van der Waals surface area (Å²) in [6.45, 7) is 0.810. The van der Waals surface area contributed by atoms with Crippen LogP contribution in [0, 0.1) is 0 Å². The molecule has 4 rings (SSSR count). The first-order chi connectivity index (χ1) is 14.5. The van der Waals surface area contributed by atoms with Crippen LogP contribution >= 0.6 is 0 Å². The minimum atomic E-state index is -3.49. The second-order valence-corrected chi connectivity index (χ2v) is 8.93. The molecule has 0 unspecified atom stereocenters. The summed E-state index contributed by atoms with van der Waals surface area (Å²) in [5.74, 6) is 2.05. The Labute approximate surface area is 175 Å². The molecular formula is C21H23N3O5S. The number of aromatic nitrogens is 2. The second-order valence-electron chi connectivity index (χ2n) is 6.99. The smallest absolute Gasteiger partial charge is 0.243 e. The van der Waals surface area contributed by atoms with E-state index in [-0.39, 0.29) is 5.92 Å². The summed E-state index contributed by atoms with van der Waals surface area (Å²) < 4.78 is 43.4. The number of rotatable bonds is 6. The molecule has 0 aliphatic carbocycles. The van der Waals surface area contributed by atoms with Crippen molar-refractivity contribution in [2.45, 2.75) is 23.7 Å². The third-order valence-electron chi connectivity index (χ3n) is 5.27. The molecule has 1 saturated heterocycles. The molecule has 1 aromatic heterocycles. The van der Waals surface area contributed by atoms with Gasteiger partial charge in [-0.15, -0.1) is 0 Å². The Balaban J connectivity index is 1.49. The van der Waals surface area contributed by atoms with Gasteiger partial charge in [-0.2, -0.15) is 9.29 Å². The van der Waals surface area contributed by atoms with Crippen molar-refractivity contribution in [3.8, 4) is 22.9 Å². The molecule has 30 heavy (non-hydrogen) atoms. The molecule has 0 amide bonds. The molecule has 0 radical (unpaired) electrons. The Morgan fingerprint density at radius 1 is 1.00 bits per heavy atom. The summed E-state index contributed by atoms with van der Waals surface area (Å²) in [4.78, 5) is 4.87.